The lowest BCUT2D eigenvalue weighted by atomic mass is 10.1. The van der Waals surface area contributed by atoms with E-state index in [1.54, 1.807) is 7.11 Å². The number of aryl methyl sites for hydroxylation is 1. The Morgan fingerprint density at radius 1 is 0.933 bits per heavy atom. The normalized spacial score (nSPS) is 10.7. The van der Waals surface area contributed by atoms with Gasteiger partial charge in [-0.25, -0.2) is 0 Å². The van der Waals surface area contributed by atoms with Gasteiger partial charge in [0.2, 0.25) is 0 Å². The summed E-state index contributed by atoms with van der Waals surface area (Å²) in [6.07, 6.45) is 0. The highest BCUT2D eigenvalue weighted by molar-refractivity contribution is 7.99. The molecular weight excluding hydrogens is 394 g/mol. The first-order chi connectivity index (χ1) is 14.7. The van der Waals surface area contributed by atoms with Crippen LogP contribution < -0.4 is 4.74 Å². The molecule has 0 saturated heterocycles. The summed E-state index contributed by atoms with van der Waals surface area (Å²) in [5, 5.41) is 9.49. The number of carbonyl (C=O) groups is 1. The van der Waals surface area contributed by atoms with E-state index in [-0.39, 0.29) is 11.5 Å². The molecule has 6 heteroatoms. The molecule has 1 heterocycles. The van der Waals surface area contributed by atoms with Gasteiger partial charge >= 0.3 is 0 Å². The van der Waals surface area contributed by atoms with Crippen molar-refractivity contribution in [2.45, 2.75) is 12.1 Å². The van der Waals surface area contributed by atoms with E-state index >= 15 is 0 Å². The molecule has 5 nitrogen and oxygen atoms in total. The number of hydrogen-bond acceptors (Lipinski definition) is 5. The third-order valence-electron chi connectivity index (χ3n) is 4.70. The number of nitrogens with zero attached hydrogens (tertiary/aromatic N) is 3. The predicted molar refractivity (Wildman–Crippen MR) is 120 cm³/mol. The molecule has 4 aromatic rings. The number of Topliss-reactive ketones (excluding diaryl/α,β-unsaturated/α-hetero) is 1. The number of ketones is 1. The highest BCUT2D eigenvalue weighted by Crippen LogP contribution is 2.29. The van der Waals surface area contributed by atoms with Crippen LogP contribution in [0.5, 0.6) is 5.75 Å². The number of carbonyl (C=O) groups excluding carboxylic acids is 1. The van der Waals surface area contributed by atoms with Gasteiger partial charge in [0, 0.05) is 16.8 Å². The van der Waals surface area contributed by atoms with Crippen molar-refractivity contribution >= 4 is 17.5 Å². The molecule has 0 spiro atoms. The molecular formula is C24H21N3O2S. The Hall–Kier alpha value is -3.38. The second-order valence-corrected chi connectivity index (χ2v) is 7.73. The molecule has 0 unspecified atom stereocenters. The minimum atomic E-state index is 0.0572. The molecule has 30 heavy (non-hydrogen) atoms. The number of methoxy groups -OCH3 is 1. The summed E-state index contributed by atoms with van der Waals surface area (Å²) >= 11 is 1.38. The molecule has 3 aromatic carbocycles. The number of benzene rings is 3. The topological polar surface area (TPSA) is 57.0 Å². The number of rotatable bonds is 7. The second kappa shape index (κ2) is 8.97. The number of hydrogen-bond donors (Lipinski definition) is 0. The molecule has 150 valence electrons. The van der Waals surface area contributed by atoms with Gasteiger partial charge in [0.15, 0.2) is 16.8 Å². The molecule has 0 saturated carbocycles. The van der Waals surface area contributed by atoms with Gasteiger partial charge in [0.25, 0.3) is 0 Å². The maximum atomic E-state index is 12.6. The quantitative estimate of drug-likeness (QED) is 0.306. The molecule has 4 rings (SSSR count). The van der Waals surface area contributed by atoms with Crippen LogP contribution in [0.4, 0.5) is 0 Å². The smallest absolute Gasteiger partial charge is 0.196 e. The van der Waals surface area contributed by atoms with Crippen molar-refractivity contribution in [1.29, 1.82) is 0 Å². The second-order valence-electron chi connectivity index (χ2n) is 6.78. The monoisotopic (exact) mass is 415 g/mol. The maximum Gasteiger partial charge on any atom is 0.196 e. The van der Waals surface area contributed by atoms with E-state index in [4.69, 9.17) is 4.74 Å². The van der Waals surface area contributed by atoms with Crippen molar-refractivity contribution in [3.8, 4) is 22.8 Å². The van der Waals surface area contributed by atoms with Gasteiger partial charge < -0.3 is 4.74 Å². The molecule has 0 aliphatic carbocycles. The summed E-state index contributed by atoms with van der Waals surface area (Å²) in [4.78, 5) is 12.6. The highest BCUT2D eigenvalue weighted by atomic mass is 32.2. The first-order valence-corrected chi connectivity index (χ1v) is 10.5. The maximum absolute atomic E-state index is 12.6. The van der Waals surface area contributed by atoms with Crippen LogP contribution in [0.15, 0.2) is 84.0 Å². The van der Waals surface area contributed by atoms with Crippen LogP contribution in [0.25, 0.3) is 17.1 Å². The molecule has 0 aliphatic rings. The zero-order valence-corrected chi connectivity index (χ0v) is 17.6. The molecule has 0 fully saturated rings. The van der Waals surface area contributed by atoms with E-state index < -0.39 is 0 Å². The van der Waals surface area contributed by atoms with Crippen molar-refractivity contribution < 1.29 is 9.53 Å². The van der Waals surface area contributed by atoms with Crippen LogP contribution in [-0.4, -0.2) is 33.4 Å². The van der Waals surface area contributed by atoms with Crippen LogP contribution in [0.2, 0.25) is 0 Å². The Balaban J connectivity index is 1.69. The van der Waals surface area contributed by atoms with Gasteiger partial charge in [-0.2, -0.15) is 0 Å². The standard InChI is InChI=1S/C24H21N3O2S/c1-17-8-10-19(11-9-17)23-25-26-24(27(23)20-12-14-21(29-2)15-13-20)30-16-22(28)18-6-4-3-5-7-18/h3-15H,16H2,1-2H3. The molecule has 0 amide bonds. The molecule has 0 bridgehead atoms. The fraction of sp³-hybridized carbons (Fsp3) is 0.125. The van der Waals surface area contributed by atoms with E-state index in [0.717, 1.165) is 22.8 Å². The fourth-order valence-corrected chi connectivity index (χ4v) is 3.90. The number of aromatic nitrogens is 3. The average Bonchev–Trinajstić information content (AvgIpc) is 3.22. The Morgan fingerprint density at radius 2 is 1.63 bits per heavy atom. The van der Waals surface area contributed by atoms with Gasteiger partial charge in [-0.05, 0) is 31.2 Å². The van der Waals surface area contributed by atoms with Crippen LogP contribution in [0, 0.1) is 6.92 Å². The molecule has 0 radical (unpaired) electrons. The summed E-state index contributed by atoms with van der Waals surface area (Å²) < 4.78 is 7.26. The zero-order valence-electron chi connectivity index (χ0n) is 16.8. The Kier molecular flexibility index (Phi) is 5.95. The summed E-state index contributed by atoms with van der Waals surface area (Å²) in [6.45, 7) is 2.05. The van der Waals surface area contributed by atoms with Gasteiger partial charge in [-0.15, -0.1) is 10.2 Å². The van der Waals surface area contributed by atoms with Crippen LogP contribution in [0.3, 0.4) is 0 Å². The van der Waals surface area contributed by atoms with Crippen molar-refractivity contribution in [2.75, 3.05) is 12.9 Å². The van der Waals surface area contributed by atoms with Crippen molar-refractivity contribution in [3.05, 3.63) is 90.0 Å². The summed E-state index contributed by atoms with van der Waals surface area (Å²) in [5.74, 6) is 1.85. The van der Waals surface area contributed by atoms with Gasteiger partial charge in [0.1, 0.15) is 5.75 Å². The van der Waals surface area contributed by atoms with Crippen LogP contribution >= 0.6 is 11.8 Å². The molecule has 0 N–H and O–H groups in total. The molecule has 0 atom stereocenters. The number of thioether (sulfide) groups is 1. The minimum Gasteiger partial charge on any atom is -0.497 e. The van der Waals surface area contributed by atoms with Crippen LogP contribution in [-0.2, 0) is 0 Å². The summed E-state index contributed by atoms with van der Waals surface area (Å²) in [7, 11) is 1.64. The Labute approximate surface area is 179 Å². The van der Waals surface area contributed by atoms with E-state index in [0.29, 0.717) is 10.7 Å². The lowest BCUT2D eigenvalue weighted by molar-refractivity contribution is 0.102. The molecule has 1 aromatic heterocycles. The first kappa shape index (κ1) is 19.9. The fourth-order valence-electron chi connectivity index (χ4n) is 3.05. The van der Waals surface area contributed by atoms with Crippen LogP contribution in [0.1, 0.15) is 15.9 Å². The van der Waals surface area contributed by atoms with Crippen molar-refractivity contribution in [1.82, 2.24) is 14.8 Å². The summed E-state index contributed by atoms with van der Waals surface area (Å²) in [5.41, 5.74) is 3.74. The highest BCUT2D eigenvalue weighted by Gasteiger charge is 2.18. The van der Waals surface area contributed by atoms with E-state index in [1.807, 2.05) is 83.4 Å². The summed E-state index contributed by atoms with van der Waals surface area (Å²) in [6, 6.07) is 25.2. The van der Waals surface area contributed by atoms with Crippen molar-refractivity contribution in [2.24, 2.45) is 0 Å². The van der Waals surface area contributed by atoms with E-state index in [1.165, 1.54) is 17.3 Å². The van der Waals surface area contributed by atoms with Gasteiger partial charge in [0.05, 0.1) is 12.9 Å². The average molecular weight is 416 g/mol. The van der Waals surface area contributed by atoms with Gasteiger partial charge in [-0.3, -0.25) is 9.36 Å². The Bertz CT molecular complexity index is 1140. The Morgan fingerprint density at radius 3 is 2.30 bits per heavy atom. The lowest BCUT2D eigenvalue weighted by Gasteiger charge is -2.11. The van der Waals surface area contributed by atoms with E-state index in [2.05, 4.69) is 17.1 Å². The number of ether oxygens (including phenoxy) is 1. The molecule has 0 aliphatic heterocycles. The predicted octanol–water partition coefficient (Wildman–Crippen LogP) is 5.23. The first-order valence-electron chi connectivity index (χ1n) is 9.53. The lowest BCUT2D eigenvalue weighted by Crippen LogP contribution is -2.05. The SMILES string of the molecule is COc1ccc(-n2c(SCC(=O)c3ccccc3)nnc2-c2ccc(C)cc2)cc1. The van der Waals surface area contributed by atoms with Gasteiger partial charge in [-0.1, -0.05) is 71.9 Å². The third-order valence-corrected chi connectivity index (χ3v) is 5.63. The largest absolute Gasteiger partial charge is 0.497 e. The van der Waals surface area contributed by atoms with E-state index in [9.17, 15) is 4.79 Å². The minimum absolute atomic E-state index is 0.0572. The van der Waals surface area contributed by atoms with Crippen molar-refractivity contribution in [3.63, 3.8) is 0 Å². The zero-order chi connectivity index (χ0) is 20.9. The third kappa shape index (κ3) is 4.28.